The quantitative estimate of drug-likeness (QED) is 0.591. The van der Waals surface area contributed by atoms with Crippen molar-refractivity contribution in [1.29, 1.82) is 0 Å². The maximum atomic E-state index is 15.4. The van der Waals surface area contributed by atoms with E-state index in [4.69, 9.17) is 4.74 Å². The second-order valence-electron chi connectivity index (χ2n) is 7.38. The highest BCUT2D eigenvalue weighted by Crippen LogP contribution is 2.45. The van der Waals surface area contributed by atoms with Crippen LogP contribution >= 0.6 is 0 Å². The molecule has 0 aliphatic carbocycles. The van der Waals surface area contributed by atoms with E-state index in [1.54, 1.807) is 26.8 Å². The lowest BCUT2D eigenvalue weighted by molar-refractivity contribution is -0.0973. The van der Waals surface area contributed by atoms with Crippen molar-refractivity contribution in [3.63, 3.8) is 0 Å². The molecule has 2 aliphatic heterocycles. The third-order valence-corrected chi connectivity index (χ3v) is 4.25. The fourth-order valence-electron chi connectivity index (χ4n) is 3.62. The molecule has 2 heterocycles. The van der Waals surface area contributed by atoms with Gasteiger partial charge in [0.1, 0.15) is 5.60 Å². The first-order valence-corrected chi connectivity index (χ1v) is 7.80. The highest BCUT2D eigenvalue weighted by Gasteiger charge is 2.59. The van der Waals surface area contributed by atoms with Gasteiger partial charge >= 0.3 is 6.09 Å². The molecule has 2 fully saturated rings. The Bertz CT molecular complexity index is 486. The molecule has 22 heavy (non-hydrogen) atoms. The number of rotatable bonds is 3. The number of piperazine rings is 1. The van der Waals surface area contributed by atoms with Gasteiger partial charge in [0.2, 0.25) is 5.79 Å². The van der Waals surface area contributed by atoms with E-state index in [1.807, 2.05) is 11.8 Å². The van der Waals surface area contributed by atoms with Gasteiger partial charge in [0, 0.05) is 13.0 Å². The van der Waals surface area contributed by atoms with Crippen molar-refractivity contribution in [1.82, 2.24) is 9.80 Å². The molecule has 0 aromatic carbocycles. The summed E-state index contributed by atoms with van der Waals surface area (Å²) in [6, 6.07) is -0.289. The van der Waals surface area contributed by atoms with Crippen molar-refractivity contribution in [3.8, 4) is 0 Å². The Morgan fingerprint density at radius 3 is 2.64 bits per heavy atom. The number of hydrogen-bond acceptors (Lipinski definition) is 3. The lowest BCUT2D eigenvalue weighted by Crippen LogP contribution is -2.66. The van der Waals surface area contributed by atoms with Crippen LogP contribution in [0.4, 0.5) is 9.18 Å². The third-order valence-electron chi connectivity index (χ3n) is 4.25. The predicted molar refractivity (Wildman–Crippen MR) is 85.3 cm³/mol. The first-order chi connectivity index (χ1) is 10.1. The van der Waals surface area contributed by atoms with Crippen LogP contribution in [0.2, 0.25) is 0 Å². The van der Waals surface area contributed by atoms with Crippen molar-refractivity contribution in [2.45, 2.75) is 64.0 Å². The Kier molecular flexibility index (Phi) is 4.39. The van der Waals surface area contributed by atoms with E-state index in [1.165, 1.54) is 4.90 Å². The summed E-state index contributed by atoms with van der Waals surface area (Å²) >= 11 is 0. The summed E-state index contributed by atoms with van der Waals surface area (Å²) in [5.74, 6) is -1.66. The smallest absolute Gasteiger partial charge is 0.413 e. The zero-order valence-electron chi connectivity index (χ0n) is 14.1. The Morgan fingerprint density at radius 2 is 2.14 bits per heavy atom. The second-order valence-corrected chi connectivity index (χ2v) is 7.38. The molecule has 0 aromatic rings. The van der Waals surface area contributed by atoms with E-state index < -0.39 is 17.5 Å². The fourth-order valence-corrected chi connectivity index (χ4v) is 3.62. The summed E-state index contributed by atoms with van der Waals surface area (Å²) in [5, 5.41) is 0. The van der Waals surface area contributed by atoms with Gasteiger partial charge in [0.25, 0.3) is 0 Å². The molecular weight excluding hydrogens is 283 g/mol. The first-order valence-electron chi connectivity index (χ1n) is 7.80. The lowest BCUT2D eigenvalue weighted by Gasteiger charge is -2.49. The minimum atomic E-state index is -1.66. The van der Waals surface area contributed by atoms with Crippen LogP contribution in [-0.4, -0.2) is 52.5 Å². The predicted octanol–water partition coefficient (Wildman–Crippen LogP) is 3.50. The number of hydrogen-bond donors (Lipinski definition) is 0. The van der Waals surface area contributed by atoms with E-state index in [9.17, 15) is 4.79 Å². The molecule has 2 bridgehead atoms. The van der Waals surface area contributed by atoms with Crippen molar-refractivity contribution in [3.05, 3.63) is 24.8 Å². The summed E-state index contributed by atoms with van der Waals surface area (Å²) in [6.07, 6.45) is 2.17. The normalized spacial score (nSPS) is 32.0. The van der Waals surface area contributed by atoms with E-state index in [2.05, 4.69) is 13.2 Å². The van der Waals surface area contributed by atoms with Crippen LogP contribution in [0.5, 0.6) is 0 Å². The fraction of sp³-hybridized carbons (Fsp3) is 0.706. The van der Waals surface area contributed by atoms with Crippen LogP contribution in [-0.2, 0) is 4.74 Å². The van der Waals surface area contributed by atoms with Gasteiger partial charge in [-0.15, -0.1) is 6.58 Å². The maximum Gasteiger partial charge on any atom is 0.413 e. The van der Waals surface area contributed by atoms with Gasteiger partial charge in [-0.2, -0.15) is 0 Å². The molecular formula is C17H27FN2O2. The van der Waals surface area contributed by atoms with Crippen molar-refractivity contribution in [2.75, 3.05) is 13.1 Å². The Balaban J connectivity index is 2.31. The lowest BCUT2D eigenvalue weighted by atomic mass is 9.96. The molecule has 0 N–H and O–H groups in total. The van der Waals surface area contributed by atoms with Gasteiger partial charge in [-0.05, 0) is 34.1 Å². The molecule has 0 unspecified atom stereocenters. The number of halogens is 1. The van der Waals surface area contributed by atoms with Gasteiger partial charge < -0.3 is 4.74 Å². The molecule has 0 saturated carbocycles. The molecule has 3 atom stereocenters. The molecule has 5 heteroatoms. The number of nitrogens with zero attached hydrogens (tertiary/aromatic N) is 2. The van der Waals surface area contributed by atoms with Crippen molar-refractivity contribution in [2.24, 2.45) is 0 Å². The first kappa shape index (κ1) is 17.0. The molecule has 2 aliphatic rings. The number of carbonyl (C=O) groups is 1. The Morgan fingerprint density at radius 1 is 1.50 bits per heavy atom. The molecule has 2 saturated heterocycles. The van der Waals surface area contributed by atoms with Crippen LogP contribution in [0.15, 0.2) is 24.8 Å². The number of fused-ring (bicyclic) bond motifs is 2. The zero-order valence-corrected chi connectivity index (χ0v) is 14.1. The average molecular weight is 310 g/mol. The van der Waals surface area contributed by atoms with Crippen LogP contribution in [0.1, 0.15) is 40.5 Å². The largest absolute Gasteiger partial charge is 0.444 e. The number of carbonyl (C=O) groups excluding carboxylic acids is 1. The van der Waals surface area contributed by atoms with Crippen LogP contribution in [0, 0.1) is 0 Å². The van der Waals surface area contributed by atoms with Crippen LogP contribution < -0.4 is 0 Å². The Hall–Kier alpha value is -1.36. The minimum Gasteiger partial charge on any atom is -0.444 e. The summed E-state index contributed by atoms with van der Waals surface area (Å²) in [6.45, 7) is 15.9. The highest BCUT2D eigenvalue weighted by atomic mass is 19.1. The van der Waals surface area contributed by atoms with Gasteiger partial charge in [-0.25, -0.2) is 9.18 Å². The van der Waals surface area contributed by atoms with E-state index in [-0.39, 0.29) is 18.6 Å². The zero-order chi connectivity index (χ0) is 16.7. The van der Waals surface area contributed by atoms with E-state index in [0.29, 0.717) is 19.4 Å². The minimum absolute atomic E-state index is 0.0584. The number of amides is 1. The van der Waals surface area contributed by atoms with Crippen LogP contribution in [0.3, 0.4) is 0 Å². The van der Waals surface area contributed by atoms with Crippen molar-refractivity contribution < 1.29 is 13.9 Å². The third kappa shape index (κ3) is 3.05. The van der Waals surface area contributed by atoms with Gasteiger partial charge in [0.05, 0.1) is 18.6 Å². The second kappa shape index (κ2) is 5.69. The standard InChI is InChI=1S/C17H27FN2O2/c1-7-10-19-11-17(18)9-8-13(14(19)12(2)3)20(17)15(21)22-16(4,5)6/h7,13-14H,1-2,8-11H2,3-6H3/t13-,14-,17+/m0/s1. The summed E-state index contributed by atoms with van der Waals surface area (Å²) < 4.78 is 20.8. The van der Waals surface area contributed by atoms with Gasteiger partial charge in [-0.1, -0.05) is 18.2 Å². The molecule has 1 amide bonds. The number of likely N-dealkylation sites (tertiary alicyclic amines) is 1. The topological polar surface area (TPSA) is 32.8 Å². The molecule has 124 valence electrons. The maximum absolute atomic E-state index is 15.4. The molecule has 4 nitrogen and oxygen atoms in total. The van der Waals surface area contributed by atoms with E-state index >= 15 is 4.39 Å². The van der Waals surface area contributed by atoms with Crippen molar-refractivity contribution >= 4 is 6.09 Å². The molecule has 2 rings (SSSR count). The molecule has 0 spiro atoms. The summed E-state index contributed by atoms with van der Waals surface area (Å²) in [5.41, 5.74) is 0.300. The molecule has 0 radical (unpaired) electrons. The SMILES string of the molecule is C=CCN1C[C@@]2(F)CC[C@@H]([C@@H]1C(=C)C)N2C(=O)OC(C)(C)C. The Labute approximate surface area is 132 Å². The molecule has 0 aromatic heterocycles. The van der Waals surface area contributed by atoms with E-state index in [0.717, 1.165) is 5.57 Å². The van der Waals surface area contributed by atoms with Gasteiger partial charge in [-0.3, -0.25) is 9.80 Å². The van der Waals surface area contributed by atoms with Crippen LogP contribution in [0.25, 0.3) is 0 Å². The monoisotopic (exact) mass is 310 g/mol. The number of alkyl halides is 1. The van der Waals surface area contributed by atoms with Gasteiger partial charge in [0.15, 0.2) is 0 Å². The average Bonchev–Trinajstić information content (AvgIpc) is 2.57. The number of ether oxygens (including phenoxy) is 1. The highest BCUT2D eigenvalue weighted by molar-refractivity contribution is 5.70. The summed E-state index contributed by atoms with van der Waals surface area (Å²) in [7, 11) is 0. The summed E-state index contributed by atoms with van der Waals surface area (Å²) in [4.78, 5) is 15.8.